The lowest BCUT2D eigenvalue weighted by Crippen LogP contribution is -2.24. The minimum Gasteiger partial charge on any atom is -0.370 e. The number of hydrogen-bond acceptors (Lipinski definition) is 5. The number of aromatic nitrogens is 3. The Bertz CT molecular complexity index is 1540. The first-order chi connectivity index (χ1) is 19.1. The number of halogens is 2. The highest BCUT2D eigenvalue weighted by atomic mass is 35.5. The van der Waals surface area contributed by atoms with E-state index in [1.54, 1.807) is 24.4 Å². The molecule has 2 heterocycles. The average Bonchev–Trinajstić information content (AvgIpc) is 3.32. The van der Waals surface area contributed by atoms with E-state index in [1.165, 1.54) is 4.57 Å². The Hall–Kier alpha value is -3.73. The molecule has 0 aliphatic rings. The van der Waals surface area contributed by atoms with E-state index < -0.39 is 11.5 Å². The number of nitrogens with zero attached hydrogens (tertiary/aromatic N) is 3. The van der Waals surface area contributed by atoms with E-state index in [1.807, 2.05) is 31.2 Å². The van der Waals surface area contributed by atoms with Gasteiger partial charge in [-0.1, -0.05) is 23.7 Å². The number of benzene rings is 2. The molecule has 2 aromatic heterocycles. The number of fused-ring (bicyclic) bond motifs is 1. The summed E-state index contributed by atoms with van der Waals surface area (Å²) < 4.78 is 16.5. The lowest BCUT2D eigenvalue weighted by atomic mass is 10.0. The van der Waals surface area contributed by atoms with Crippen LogP contribution < -0.4 is 28.2 Å². The van der Waals surface area contributed by atoms with E-state index in [0.29, 0.717) is 34.5 Å². The number of aryl methyl sites for hydroxylation is 1. The summed E-state index contributed by atoms with van der Waals surface area (Å²) in [6, 6.07) is 13.1. The van der Waals surface area contributed by atoms with Crippen LogP contribution in [-0.2, 0) is 6.42 Å². The summed E-state index contributed by atoms with van der Waals surface area (Å²) in [6.45, 7) is 5.36. The normalized spacial score (nSPS) is 12.9. The van der Waals surface area contributed by atoms with Crippen LogP contribution in [0.2, 0.25) is 5.02 Å². The van der Waals surface area contributed by atoms with Crippen LogP contribution in [0, 0.1) is 5.82 Å². The molecule has 0 fully saturated rings. The number of rotatable bonds is 12. The summed E-state index contributed by atoms with van der Waals surface area (Å²) in [7, 11) is 0. The number of nitrogens with one attached hydrogen (secondary N) is 2. The van der Waals surface area contributed by atoms with Gasteiger partial charge in [0.1, 0.15) is 5.65 Å². The maximum Gasteiger partial charge on any atom is 0.354 e. The zero-order valence-corrected chi connectivity index (χ0v) is 23.5. The number of aliphatic imine (C=N–C) groups is 1. The highest BCUT2D eigenvalue weighted by Crippen LogP contribution is 2.31. The van der Waals surface area contributed by atoms with Gasteiger partial charge in [-0.3, -0.25) is 9.56 Å². The molecule has 2 atom stereocenters. The van der Waals surface area contributed by atoms with Gasteiger partial charge in [-0.05, 0) is 87.5 Å². The molecule has 0 unspecified atom stereocenters. The van der Waals surface area contributed by atoms with Crippen molar-refractivity contribution in [1.29, 1.82) is 0 Å². The molecule has 0 saturated heterocycles. The van der Waals surface area contributed by atoms with Crippen molar-refractivity contribution in [2.24, 2.45) is 22.2 Å². The van der Waals surface area contributed by atoms with Crippen LogP contribution in [0.5, 0.6) is 0 Å². The molecule has 11 heteroatoms. The number of aromatic amines is 1. The van der Waals surface area contributed by atoms with Gasteiger partial charge in [0.25, 0.3) is 0 Å². The fraction of sp³-hybridized carbons (Fsp3) is 0.345. The van der Waals surface area contributed by atoms with Crippen LogP contribution in [0.15, 0.2) is 58.4 Å². The van der Waals surface area contributed by atoms with E-state index >= 15 is 4.39 Å². The highest BCUT2D eigenvalue weighted by molar-refractivity contribution is 6.31. The third kappa shape index (κ3) is 7.26. The predicted octanol–water partition coefficient (Wildman–Crippen LogP) is 4.16. The highest BCUT2D eigenvalue weighted by Gasteiger charge is 2.16. The van der Waals surface area contributed by atoms with Crippen LogP contribution >= 0.6 is 11.6 Å². The number of guanidine groups is 1. The Labute approximate surface area is 237 Å². The predicted molar refractivity (Wildman–Crippen MR) is 160 cm³/mol. The molecular weight excluding hydrogens is 531 g/mol. The van der Waals surface area contributed by atoms with Gasteiger partial charge in [-0.2, -0.15) is 4.98 Å². The van der Waals surface area contributed by atoms with Crippen molar-refractivity contribution in [3.8, 4) is 16.9 Å². The van der Waals surface area contributed by atoms with Crippen LogP contribution in [-0.4, -0.2) is 39.6 Å². The van der Waals surface area contributed by atoms with Crippen molar-refractivity contribution in [2.75, 3.05) is 13.1 Å². The van der Waals surface area contributed by atoms with E-state index in [0.717, 1.165) is 43.4 Å². The third-order valence-electron chi connectivity index (χ3n) is 6.76. The Morgan fingerprint density at radius 2 is 1.93 bits per heavy atom. The summed E-state index contributed by atoms with van der Waals surface area (Å²) in [5, 5.41) is 4.16. The Balaban J connectivity index is 1.53. The molecule has 212 valence electrons. The zero-order valence-electron chi connectivity index (χ0n) is 22.8. The van der Waals surface area contributed by atoms with Gasteiger partial charge in [0.15, 0.2) is 11.8 Å². The van der Waals surface area contributed by atoms with Crippen LogP contribution in [0.25, 0.3) is 28.0 Å². The maximum atomic E-state index is 15.0. The van der Waals surface area contributed by atoms with E-state index in [2.05, 4.69) is 27.2 Å². The molecule has 0 aliphatic heterocycles. The molecule has 0 spiro atoms. The Kier molecular flexibility index (Phi) is 9.57. The first-order valence-electron chi connectivity index (χ1n) is 13.4. The van der Waals surface area contributed by atoms with Crippen LogP contribution in [0.3, 0.4) is 0 Å². The second-order valence-electron chi connectivity index (χ2n) is 10.1. The van der Waals surface area contributed by atoms with Crippen molar-refractivity contribution in [1.82, 2.24) is 19.9 Å². The van der Waals surface area contributed by atoms with Crippen molar-refractivity contribution in [2.45, 2.75) is 51.6 Å². The van der Waals surface area contributed by atoms with Crippen molar-refractivity contribution >= 4 is 28.6 Å². The van der Waals surface area contributed by atoms with Gasteiger partial charge in [0.05, 0.1) is 16.4 Å². The minimum atomic E-state index is -0.519. The van der Waals surface area contributed by atoms with Gasteiger partial charge in [0.2, 0.25) is 0 Å². The average molecular weight is 567 g/mol. The molecule has 0 bridgehead atoms. The van der Waals surface area contributed by atoms with Gasteiger partial charge >= 0.3 is 5.69 Å². The second-order valence-corrected chi connectivity index (χ2v) is 10.5. The molecule has 2 aromatic carbocycles. The Morgan fingerprint density at radius 1 is 1.18 bits per heavy atom. The van der Waals surface area contributed by atoms with E-state index in [9.17, 15) is 4.79 Å². The quantitative estimate of drug-likeness (QED) is 0.0986. The third-order valence-corrected chi connectivity index (χ3v) is 7.04. The lowest BCUT2D eigenvalue weighted by molar-refractivity contribution is 0.562. The molecular formula is C29H36ClFN8O. The minimum absolute atomic E-state index is 0.0528. The first kappa shape index (κ1) is 29.3. The SMILES string of the molecule is C[C@H](N)CCCc1cc(Cl)c(F)c(-c2cc3cn(-c4ccc([C@@H](C)NCCCN=C(N)N)cc4)c(=O)nc3[nH]2)c1. The summed E-state index contributed by atoms with van der Waals surface area (Å²) in [6.07, 6.45) is 4.99. The molecule has 0 saturated carbocycles. The molecule has 40 heavy (non-hydrogen) atoms. The lowest BCUT2D eigenvalue weighted by Gasteiger charge is -2.15. The maximum absolute atomic E-state index is 15.0. The smallest absolute Gasteiger partial charge is 0.354 e. The van der Waals surface area contributed by atoms with Crippen LogP contribution in [0.4, 0.5) is 4.39 Å². The molecule has 9 nitrogen and oxygen atoms in total. The molecule has 0 aliphatic carbocycles. The topological polar surface area (TPSA) is 153 Å². The van der Waals surface area contributed by atoms with Gasteiger partial charge in [-0.25, -0.2) is 9.18 Å². The Morgan fingerprint density at radius 3 is 2.62 bits per heavy atom. The molecule has 0 radical (unpaired) electrons. The summed E-state index contributed by atoms with van der Waals surface area (Å²) in [4.78, 5) is 24.2. The van der Waals surface area contributed by atoms with Gasteiger partial charge in [-0.15, -0.1) is 0 Å². The molecule has 4 aromatic rings. The van der Waals surface area contributed by atoms with Gasteiger partial charge in [0, 0.05) is 35.8 Å². The fourth-order valence-electron chi connectivity index (χ4n) is 4.59. The first-order valence-corrected chi connectivity index (χ1v) is 13.8. The van der Waals surface area contributed by atoms with Gasteiger partial charge < -0.3 is 27.5 Å². The van der Waals surface area contributed by atoms with E-state index in [-0.39, 0.29) is 23.1 Å². The number of nitrogens with two attached hydrogens (primary N) is 3. The van der Waals surface area contributed by atoms with Crippen molar-refractivity contribution in [3.63, 3.8) is 0 Å². The monoisotopic (exact) mass is 566 g/mol. The van der Waals surface area contributed by atoms with E-state index in [4.69, 9.17) is 28.8 Å². The van der Waals surface area contributed by atoms with Crippen molar-refractivity contribution in [3.05, 3.63) is 81.1 Å². The number of hydrogen-bond donors (Lipinski definition) is 5. The molecule has 4 rings (SSSR count). The molecule has 8 N–H and O–H groups in total. The number of H-pyrrole nitrogens is 1. The summed E-state index contributed by atoms with van der Waals surface area (Å²) in [5.41, 5.74) is 20.0. The summed E-state index contributed by atoms with van der Waals surface area (Å²) >= 11 is 6.23. The standard InChI is InChI=1S/C29H36ClFN8O/c1-17(32)5-3-6-19-13-23(26(31)24(30)14-19)25-15-21-16-39(29(40)38-27(21)37-25)22-9-7-20(8-10-22)18(2)35-11-4-12-36-28(33)34/h7-10,13-18,35H,3-6,11-12,32H2,1-2H3,(H4,33,34,36)(H,37,38,40)/t17-,18+/m0/s1. The van der Waals surface area contributed by atoms with Crippen molar-refractivity contribution < 1.29 is 4.39 Å². The zero-order chi connectivity index (χ0) is 28.8. The summed E-state index contributed by atoms with van der Waals surface area (Å²) in [5.74, 6) is -0.425. The fourth-order valence-corrected chi connectivity index (χ4v) is 4.83. The van der Waals surface area contributed by atoms with Crippen LogP contribution in [0.1, 0.15) is 50.3 Å². The largest absolute Gasteiger partial charge is 0.370 e. The molecule has 0 amide bonds. The second kappa shape index (κ2) is 13.1.